The van der Waals surface area contributed by atoms with Crippen LogP contribution >= 0.6 is 0 Å². The molecule has 0 fully saturated rings. The van der Waals surface area contributed by atoms with Crippen LogP contribution in [0.25, 0.3) is 0 Å². The third kappa shape index (κ3) is 0.757. The van der Waals surface area contributed by atoms with Crippen LogP contribution < -0.4 is 0 Å². The lowest BCUT2D eigenvalue weighted by molar-refractivity contribution is 0.327. The number of nitrogens with zero attached hydrogens (tertiary/aromatic N) is 2. The highest BCUT2D eigenvalue weighted by Crippen LogP contribution is 2.13. The first-order chi connectivity index (χ1) is 4.97. The van der Waals surface area contributed by atoms with Gasteiger partial charge in [-0.25, -0.2) is 4.99 Å². The van der Waals surface area contributed by atoms with Crippen LogP contribution in [0.4, 0.5) is 0 Å². The van der Waals surface area contributed by atoms with Crippen molar-refractivity contribution >= 4 is 12.1 Å². The molecule has 50 valence electrons. The van der Waals surface area contributed by atoms with Crippen molar-refractivity contribution in [1.29, 1.82) is 0 Å². The molecule has 0 N–H and O–H groups in total. The molecule has 10 heavy (non-hydrogen) atoms. The SMILES string of the molecule is C1=CN=C2ON=CC=C2C1. The standard InChI is InChI=1S/C7H6N2O/c1-2-6-3-5-9-10-7(6)8-4-1/h1,3-5H,2H2. The lowest BCUT2D eigenvalue weighted by atomic mass is 10.1. The van der Waals surface area contributed by atoms with Gasteiger partial charge in [0.25, 0.3) is 5.90 Å². The fraction of sp³-hybridized carbons (Fsp3) is 0.143. The maximum Gasteiger partial charge on any atom is 0.252 e. The van der Waals surface area contributed by atoms with E-state index in [9.17, 15) is 0 Å². The molecule has 0 spiro atoms. The summed E-state index contributed by atoms with van der Waals surface area (Å²) in [6.45, 7) is 0. The first kappa shape index (κ1) is 5.41. The summed E-state index contributed by atoms with van der Waals surface area (Å²) in [5, 5.41) is 3.60. The van der Waals surface area contributed by atoms with Crippen molar-refractivity contribution in [2.45, 2.75) is 6.42 Å². The molecule has 0 aromatic carbocycles. The molecule has 0 saturated carbocycles. The summed E-state index contributed by atoms with van der Waals surface area (Å²) in [6, 6.07) is 0. The molecule has 0 saturated heterocycles. The van der Waals surface area contributed by atoms with Gasteiger partial charge in [0.1, 0.15) is 0 Å². The summed E-state index contributed by atoms with van der Waals surface area (Å²) in [5.41, 5.74) is 1.09. The van der Waals surface area contributed by atoms with Crippen molar-refractivity contribution in [3.63, 3.8) is 0 Å². The minimum Gasteiger partial charge on any atom is -0.336 e. The molecule has 0 bridgehead atoms. The highest BCUT2D eigenvalue weighted by atomic mass is 16.6. The van der Waals surface area contributed by atoms with Crippen molar-refractivity contribution in [2.75, 3.05) is 0 Å². The van der Waals surface area contributed by atoms with Gasteiger partial charge >= 0.3 is 0 Å². The Bertz CT molecular complexity index is 233. The average Bonchev–Trinajstić information content (AvgIpc) is 2.05. The maximum absolute atomic E-state index is 4.88. The molecule has 0 unspecified atom stereocenters. The number of hydrogen-bond donors (Lipinski definition) is 0. The molecular formula is C7H6N2O. The van der Waals surface area contributed by atoms with E-state index < -0.39 is 0 Å². The first-order valence-electron chi connectivity index (χ1n) is 3.09. The van der Waals surface area contributed by atoms with E-state index in [4.69, 9.17) is 4.84 Å². The van der Waals surface area contributed by atoms with E-state index in [0.29, 0.717) is 5.90 Å². The molecule has 0 aliphatic carbocycles. The van der Waals surface area contributed by atoms with Crippen LogP contribution in [-0.4, -0.2) is 12.1 Å². The van der Waals surface area contributed by atoms with Crippen molar-refractivity contribution in [3.8, 4) is 0 Å². The van der Waals surface area contributed by atoms with Crippen LogP contribution in [0.2, 0.25) is 0 Å². The van der Waals surface area contributed by atoms with Gasteiger partial charge in [0.2, 0.25) is 0 Å². The Morgan fingerprint density at radius 2 is 2.50 bits per heavy atom. The van der Waals surface area contributed by atoms with E-state index in [0.717, 1.165) is 12.0 Å². The molecule has 3 heteroatoms. The van der Waals surface area contributed by atoms with Crippen LogP contribution in [0.15, 0.2) is 34.1 Å². The van der Waals surface area contributed by atoms with Crippen LogP contribution in [0.3, 0.4) is 0 Å². The Morgan fingerprint density at radius 1 is 1.50 bits per heavy atom. The second-order valence-electron chi connectivity index (χ2n) is 2.06. The van der Waals surface area contributed by atoms with Crippen molar-refractivity contribution in [2.24, 2.45) is 10.1 Å². The normalized spacial score (nSPS) is 20.8. The van der Waals surface area contributed by atoms with E-state index in [1.165, 1.54) is 0 Å². The van der Waals surface area contributed by atoms with Gasteiger partial charge in [0, 0.05) is 11.8 Å². The molecule has 0 aromatic rings. The van der Waals surface area contributed by atoms with E-state index in [-0.39, 0.29) is 0 Å². The minimum absolute atomic E-state index is 0.630. The maximum atomic E-state index is 4.88. The van der Waals surface area contributed by atoms with Crippen molar-refractivity contribution < 1.29 is 4.84 Å². The predicted octanol–water partition coefficient (Wildman–Crippen LogP) is 1.24. The van der Waals surface area contributed by atoms with Gasteiger partial charge in [-0.05, 0) is 12.5 Å². The summed E-state index contributed by atoms with van der Waals surface area (Å²) in [6.07, 6.45) is 8.15. The van der Waals surface area contributed by atoms with Gasteiger partial charge in [0.15, 0.2) is 0 Å². The number of hydrogen-bond acceptors (Lipinski definition) is 3. The lowest BCUT2D eigenvalue weighted by Crippen LogP contribution is -2.10. The predicted molar refractivity (Wildman–Crippen MR) is 38.9 cm³/mol. The van der Waals surface area contributed by atoms with Gasteiger partial charge < -0.3 is 4.84 Å². The highest BCUT2D eigenvalue weighted by Gasteiger charge is 2.11. The molecule has 0 atom stereocenters. The van der Waals surface area contributed by atoms with Crippen molar-refractivity contribution in [3.05, 3.63) is 23.9 Å². The topological polar surface area (TPSA) is 34.0 Å². The minimum atomic E-state index is 0.630. The molecule has 2 aliphatic rings. The summed E-state index contributed by atoms with van der Waals surface area (Å²) in [4.78, 5) is 8.87. The molecule has 0 aromatic heterocycles. The second-order valence-corrected chi connectivity index (χ2v) is 2.06. The zero-order chi connectivity index (χ0) is 6.81. The van der Waals surface area contributed by atoms with Gasteiger partial charge in [-0.3, -0.25) is 0 Å². The molecule has 2 aliphatic heterocycles. The molecule has 3 nitrogen and oxygen atoms in total. The molecule has 2 rings (SSSR count). The number of aliphatic imine (C=N–C) groups is 1. The van der Waals surface area contributed by atoms with Gasteiger partial charge in [-0.1, -0.05) is 11.2 Å². The summed E-state index contributed by atoms with van der Waals surface area (Å²) in [7, 11) is 0. The summed E-state index contributed by atoms with van der Waals surface area (Å²) < 4.78 is 0. The Labute approximate surface area is 58.4 Å². The third-order valence-electron chi connectivity index (χ3n) is 1.39. The fourth-order valence-electron chi connectivity index (χ4n) is 0.893. The Morgan fingerprint density at radius 3 is 3.40 bits per heavy atom. The third-order valence-corrected chi connectivity index (χ3v) is 1.39. The molecule has 0 amide bonds. The van der Waals surface area contributed by atoms with E-state index in [2.05, 4.69) is 10.1 Å². The quantitative estimate of drug-likeness (QED) is 0.490. The first-order valence-corrected chi connectivity index (χ1v) is 3.09. The fourth-order valence-corrected chi connectivity index (χ4v) is 0.893. The monoisotopic (exact) mass is 134 g/mol. The zero-order valence-corrected chi connectivity index (χ0v) is 5.32. The average molecular weight is 134 g/mol. The molecular weight excluding hydrogens is 128 g/mol. The van der Waals surface area contributed by atoms with Crippen molar-refractivity contribution in [1.82, 2.24) is 0 Å². The Balaban J connectivity index is 2.38. The lowest BCUT2D eigenvalue weighted by Gasteiger charge is -2.10. The zero-order valence-electron chi connectivity index (χ0n) is 5.32. The van der Waals surface area contributed by atoms with Crippen LogP contribution in [0.1, 0.15) is 6.42 Å². The summed E-state index contributed by atoms with van der Waals surface area (Å²) >= 11 is 0. The van der Waals surface area contributed by atoms with Gasteiger partial charge in [-0.15, -0.1) is 0 Å². The van der Waals surface area contributed by atoms with Gasteiger partial charge in [-0.2, -0.15) is 0 Å². The smallest absolute Gasteiger partial charge is 0.252 e. The molecule has 2 heterocycles. The second kappa shape index (κ2) is 2.10. The molecule has 0 radical (unpaired) electrons. The van der Waals surface area contributed by atoms with Crippen LogP contribution in [-0.2, 0) is 4.84 Å². The van der Waals surface area contributed by atoms with Crippen LogP contribution in [0.5, 0.6) is 0 Å². The number of fused-ring (bicyclic) bond motifs is 1. The number of rotatable bonds is 0. The Hall–Kier alpha value is -1.38. The summed E-state index contributed by atoms with van der Waals surface area (Å²) in [5.74, 6) is 0.630. The van der Waals surface area contributed by atoms with E-state index in [1.807, 2.05) is 12.2 Å². The number of oxime groups is 1. The Kier molecular flexibility index (Phi) is 1.13. The van der Waals surface area contributed by atoms with Gasteiger partial charge in [0.05, 0.1) is 6.21 Å². The highest BCUT2D eigenvalue weighted by molar-refractivity contribution is 6.00. The van der Waals surface area contributed by atoms with Crippen LogP contribution in [0, 0.1) is 0 Å². The van der Waals surface area contributed by atoms with E-state index in [1.54, 1.807) is 12.4 Å². The largest absolute Gasteiger partial charge is 0.336 e. The van der Waals surface area contributed by atoms with E-state index >= 15 is 0 Å². The number of allylic oxidation sites excluding steroid dienone is 2.